The number of halogens is 1. The van der Waals surface area contributed by atoms with Gasteiger partial charge in [0, 0.05) is 22.6 Å². The number of ether oxygens (including phenoxy) is 1. The molecule has 1 N–H and O–H groups in total. The molecule has 0 bridgehead atoms. The quantitative estimate of drug-likeness (QED) is 0.873. The Hall–Kier alpha value is -0.780. The highest BCUT2D eigenvalue weighted by Gasteiger charge is 2.14. The van der Waals surface area contributed by atoms with Crippen molar-refractivity contribution in [1.29, 1.82) is 0 Å². The lowest BCUT2D eigenvalue weighted by Crippen LogP contribution is -2.06. The average Bonchev–Trinajstić information content (AvgIpc) is 2.27. The van der Waals surface area contributed by atoms with E-state index in [1.165, 1.54) is 13.4 Å². The molecule has 1 unspecified atom stereocenters. The van der Waals surface area contributed by atoms with E-state index in [1.807, 2.05) is 0 Å². The summed E-state index contributed by atoms with van der Waals surface area (Å²) in [6.07, 6.45) is 1.15. The number of hydrogen-bond donors (Lipinski definition) is 1. The zero-order valence-electron chi connectivity index (χ0n) is 10.4. The molecule has 1 rings (SSSR count). The summed E-state index contributed by atoms with van der Waals surface area (Å²) in [6, 6.07) is 4.98. The zero-order chi connectivity index (χ0) is 13.8. The molecule has 0 saturated heterocycles. The Bertz CT molecular complexity index is 499. The maximum absolute atomic E-state index is 11.0. The van der Waals surface area contributed by atoms with Crippen molar-refractivity contribution in [2.45, 2.75) is 18.9 Å². The van der Waals surface area contributed by atoms with Gasteiger partial charge in [-0.3, -0.25) is 0 Å². The molecular formula is C12H17ClO4S. The van der Waals surface area contributed by atoms with Gasteiger partial charge in [0.1, 0.15) is 15.6 Å². The van der Waals surface area contributed by atoms with E-state index in [1.54, 1.807) is 18.2 Å². The molecule has 0 spiro atoms. The van der Waals surface area contributed by atoms with Gasteiger partial charge in [-0.05, 0) is 31.0 Å². The second-order valence-electron chi connectivity index (χ2n) is 4.17. The number of rotatable bonds is 6. The molecule has 0 amide bonds. The van der Waals surface area contributed by atoms with Crippen LogP contribution >= 0.6 is 11.6 Å². The second-order valence-corrected chi connectivity index (χ2v) is 6.87. The van der Waals surface area contributed by atoms with Crippen LogP contribution in [-0.4, -0.2) is 32.6 Å². The molecule has 6 heteroatoms. The summed E-state index contributed by atoms with van der Waals surface area (Å²) >= 11 is 5.86. The van der Waals surface area contributed by atoms with E-state index >= 15 is 0 Å². The minimum absolute atomic E-state index is 0.0624. The van der Waals surface area contributed by atoms with Gasteiger partial charge in [0.25, 0.3) is 0 Å². The van der Waals surface area contributed by atoms with Gasteiger partial charge in [-0.2, -0.15) is 0 Å². The minimum atomic E-state index is -2.99. The van der Waals surface area contributed by atoms with Crippen molar-refractivity contribution in [3.05, 3.63) is 28.8 Å². The molecule has 0 heterocycles. The first-order valence-electron chi connectivity index (χ1n) is 5.52. The summed E-state index contributed by atoms with van der Waals surface area (Å²) in [7, 11) is -1.48. The number of aliphatic hydroxyl groups excluding tert-OH is 1. The zero-order valence-corrected chi connectivity index (χ0v) is 12.0. The predicted molar refractivity (Wildman–Crippen MR) is 71.9 cm³/mol. The smallest absolute Gasteiger partial charge is 0.147 e. The Balaban J connectivity index is 2.71. The van der Waals surface area contributed by atoms with E-state index in [9.17, 15) is 13.5 Å². The van der Waals surface area contributed by atoms with Crippen molar-refractivity contribution in [1.82, 2.24) is 0 Å². The van der Waals surface area contributed by atoms with Gasteiger partial charge < -0.3 is 9.84 Å². The van der Waals surface area contributed by atoms with Gasteiger partial charge in [0.05, 0.1) is 13.2 Å². The van der Waals surface area contributed by atoms with Crippen molar-refractivity contribution in [3.8, 4) is 5.75 Å². The Morgan fingerprint density at radius 2 is 2.11 bits per heavy atom. The molecule has 0 aliphatic rings. The predicted octanol–water partition coefficient (Wildman–Crippen LogP) is 2.21. The third kappa shape index (κ3) is 4.84. The maximum Gasteiger partial charge on any atom is 0.147 e. The first kappa shape index (κ1) is 15.3. The summed E-state index contributed by atoms with van der Waals surface area (Å²) in [5.41, 5.74) is 0.582. The van der Waals surface area contributed by atoms with Gasteiger partial charge >= 0.3 is 0 Å². The van der Waals surface area contributed by atoms with Crippen molar-refractivity contribution >= 4 is 21.4 Å². The topological polar surface area (TPSA) is 63.6 Å². The number of hydrogen-bond acceptors (Lipinski definition) is 4. The number of benzene rings is 1. The summed E-state index contributed by atoms with van der Waals surface area (Å²) in [5.74, 6) is 0.610. The van der Waals surface area contributed by atoms with E-state index in [2.05, 4.69) is 0 Å². The van der Waals surface area contributed by atoms with Crippen molar-refractivity contribution < 1.29 is 18.3 Å². The van der Waals surface area contributed by atoms with E-state index < -0.39 is 15.9 Å². The van der Waals surface area contributed by atoms with Crippen LogP contribution in [0, 0.1) is 0 Å². The second kappa shape index (κ2) is 6.41. The molecule has 0 aliphatic carbocycles. The normalized spacial score (nSPS) is 13.3. The number of sulfone groups is 1. The molecule has 0 aromatic heterocycles. The van der Waals surface area contributed by atoms with E-state index in [-0.39, 0.29) is 5.75 Å². The fourth-order valence-corrected chi connectivity index (χ4v) is 2.53. The van der Waals surface area contributed by atoms with Gasteiger partial charge in [-0.1, -0.05) is 11.6 Å². The highest BCUT2D eigenvalue weighted by Crippen LogP contribution is 2.30. The Morgan fingerprint density at radius 3 is 2.67 bits per heavy atom. The van der Waals surface area contributed by atoms with Crippen LogP contribution in [0.4, 0.5) is 0 Å². The lowest BCUT2D eigenvalue weighted by molar-refractivity contribution is 0.162. The van der Waals surface area contributed by atoms with Crippen LogP contribution in [0.1, 0.15) is 24.5 Å². The van der Waals surface area contributed by atoms with Crippen LogP contribution in [0.25, 0.3) is 0 Å². The van der Waals surface area contributed by atoms with Crippen LogP contribution < -0.4 is 4.74 Å². The third-order valence-electron chi connectivity index (χ3n) is 2.54. The minimum Gasteiger partial charge on any atom is -0.496 e. The van der Waals surface area contributed by atoms with E-state index in [0.717, 1.165) is 0 Å². The number of methoxy groups -OCH3 is 1. The molecule has 1 atom stereocenters. The van der Waals surface area contributed by atoms with Gasteiger partial charge in [-0.25, -0.2) is 8.42 Å². The molecule has 0 fully saturated rings. The molecule has 18 heavy (non-hydrogen) atoms. The molecule has 0 aliphatic heterocycles. The maximum atomic E-state index is 11.0. The Labute approximate surface area is 112 Å². The summed E-state index contributed by atoms with van der Waals surface area (Å²) in [6.45, 7) is 0. The van der Waals surface area contributed by atoms with Crippen LogP contribution in [-0.2, 0) is 9.84 Å². The lowest BCUT2D eigenvalue weighted by Gasteiger charge is -2.14. The van der Waals surface area contributed by atoms with Crippen LogP contribution in [0.15, 0.2) is 18.2 Å². The highest BCUT2D eigenvalue weighted by molar-refractivity contribution is 7.90. The molecule has 102 valence electrons. The van der Waals surface area contributed by atoms with Crippen molar-refractivity contribution in [2.24, 2.45) is 0 Å². The summed E-state index contributed by atoms with van der Waals surface area (Å²) < 4.78 is 27.1. The van der Waals surface area contributed by atoms with Gasteiger partial charge in [0.2, 0.25) is 0 Å². The summed E-state index contributed by atoms with van der Waals surface area (Å²) in [5, 5.41) is 10.5. The lowest BCUT2D eigenvalue weighted by atomic mass is 10.0. The highest BCUT2D eigenvalue weighted by atomic mass is 35.5. The SMILES string of the molecule is COc1ccc(Cl)cc1C(O)CCCS(C)(=O)=O. The Kier molecular flexibility index (Phi) is 5.44. The fraction of sp³-hybridized carbons (Fsp3) is 0.500. The van der Waals surface area contributed by atoms with Crippen molar-refractivity contribution in [2.75, 3.05) is 19.1 Å². The standard InChI is InChI=1S/C12H17ClO4S/c1-17-12-6-5-9(13)8-10(12)11(14)4-3-7-18(2,15)16/h5-6,8,11,14H,3-4,7H2,1-2H3. The monoisotopic (exact) mass is 292 g/mol. The third-order valence-corrected chi connectivity index (χ3v) is 3.81. The largest absolute Gasteiger partial charge is 0.496 e. The van der Waals surface area contributed by atoms with Crippen LogP contribution in [0.5, 0.6) is 5.75 Å². The van der Waals surface area contributed by atoms with E-state index in [4.69, 9.17) is 16.3 Å². The first-order chi connectivity index (χ1) is 8.33. The van der Waals surface area contributed by atoms with Gasteiger partial charge in [0.15, 0.2) is 0 Å². The molecule has 1 aromatic carbocycles. The molecular weight excluding hydrogens is 276 g/mol. The van der Waals surface area contributed by atoms with E-state index in [0.29, 0.717) is 29.2 Å². The molecule has 0 radical (unpaired) electrons. The van der Waals surface area contributed by atoms with Crippen molar-refractivity contribution in [3.63, 3.8) is 0 Å². The Morgan fingerprint density at radius 1 is 1.44 bits per heavy atom. The van der Waals surface area contributed by atoms with Crippen LogP contribution in [0.3, 0.4) is 0 Å². The average molecular weight is 293 g/mol. The fourth-order valence-electron chi connectivity index (χ4n) is 1.66. The summed E-state index contributed by atoms with van der Waals surface area (Å²) in [4.78, 5) is 0. The van der Waals surface area contributed by atoms with Crippen LogP contribution in [0.2, 0.25) is 5.02 Å². The number of aliphatic hydroxyl groups is 1. The molecule has 0 saturated carbocycles. The molecule has 4 nitrogen and oxygen atoms in total. The first-order valence-corrected chi connectivity index (χ1v) is 7.96. The van der Waals surface area contributed by atoms with Gasteiger partial charge in [-0.15, -0.1) is 0 Å². The molecule has 1 aromatic rings.